The van der Waals surface area contributed by atoms with Gasteiger partial charge in [0.15, 0.2) is 0 Å². The lowest BCUT2D eigenvalue weighted by atomic mass is 10.2. The first-order valence-corrected chi connectivity index (χ1v) is 7.30. The van der Waals surface area contributed by atoms with Crippen LogP contribution in [0.1, 0.15) is 13.8 Å². The van der Waals surface area contributed by atoms with Gasteiger partial charge in [0.05, 0.1) is 5.56 Å². The molecule has 6 nitrogen and oxygen atoms in total. The largest absolute Gasteiger partial charge is 0.573 e. The molecular weight excluding hydrogens is 339 g/mol. The van der Waals surface area contributed by atoms with Gasteiger partial charge in [0.2, 0.25) is 11.4 Å². The maximum absolute atomic E-state index is 12.1. The zero-order chi connectivity index (χ0) is 18.4. The molecule has 0 spiro atoms. The van der Waals surface area contributed by atoms with Crippen molar-refractivity contribution >= 4 is 0 Å². The van der Waals surface area contributed by atoms with E-state index in [0.29, 0.717) is 11.1 Å². The van der Waals surface area contributed by atoms with Crippen LogP contribution < -0.4 is 10.3 Å². The van der Waals surface area contributed by atoms with Crippen LogP contribution in [-0.2, 0) is 0 Å². The molecule has 0 aliphatic carbocycles. The third-order valence-electron chi connectivity index (χ3n) is 2.80. The van der Waals surface area contributed by atoms with Crippen molar-refractivity contribution < 1.29 is 22.4 Å². The minimum Gasteiger partial charge on any atom is -0.406 e. The molecule has 0 radical (unpaired) electrons. The summed E-state index contributed by atoms with van der Waals surface area (Å²) in [7, 11) is 0. The number of alkyl halides is 3. The Morgan fingerprint density at radius 3 is 2.24 bits per heavy atom. The molecule has 0 aliphatic heterocycles. The van der Waals surface area contributed by atoms with E-state index in [4.69, 9.17) is 4.52 Å². The Bertz CT molecular complexity index is 850. The topological polar surface area (TPSA) is 81.0 Å². The second kappa shape index (κ2) is 7.65. The van der Waals surface area contributed by atoms with Gasteiger partial charge in [-0.1, -0.05) is 19.0 Å². The van der Waals surface area contributed by atoms with Crippen LogP contribution in [0.2, 0.25) is 0 Å². The Balaban J connectivity index is 0.00000109. The average Bonchev–Trinajstić information content (AvgIpc) is 3.07. The highest BCUT2D eigenvalue weighted by Gasteiger charge is 2.31. The van der Waals surface area contributed by atoms with Crippen molar-refractivity contribution in [3.8, 4) is 28.6 Å². The van der Waals surface area contributed by atoms with E-state index >= 15 is 0 Å². The maximum Gasteiger partial charge on any atom is 0.573 e. The van der Waals surface area contributed by atoms with Crippen LogP contribution in [0.3, 0.4) is 0 Å². The smallest absolute Gasteiger partial charge is 0.406 e. The molecule has 1 N–H and O–H groups in total. The van der Waals surface area contributed by atoms with Gasteiger partial charge in [-0.3, -0.25) is 4.79 Å². The van der Waals surface area contributed by atoms with Crippen LogP contribution in [0.4, 0.5) is 13.2 Å². The van der Waals surface area contributed by atoms with Gasteiger partial charge in [0.25, 0.3) is 5.89 Å². The van der Waals surface area contributed by atoms with E-state index in [1.165, 1.54) is 30.5 Å². The van der Waals surface area contributed by atoms with Crippen molar-refractivity contribution in [2.75, 3.05) is 0 Å². The second-order valence-electron chi connectivity index (χ2n) is 4.44. The van der Waals surface area contributed by atoms with Crippen LogP contribution >= 0.6 is 0 Å². The Hall–Kier alpha value is -3.10. The predicted molar refractivity (Wildman–Crippen MR) is 83.8 cm³/mol. The summed E-state index contributed by atoms with van der Waals surface area (Å²) in [6.45, 7) is 4.00. The normalized spacial score (nSPS) is 10.8. The van der Waals surface area contributed by atoms with Crippen molar-refractivity contribution in [1.82, 2.24) is 15.1 Å². The number of benzene rings is 1. The molecule has 25 heavy (non-hydrogen) atoms. The Morgan fingerprint density at radius 2 is 1.68 bits per heavy atom. The molecule has 1 aromatic carbocycles. The lowest BCUT2D eigenvalue weighted by Gasteiger charge is -2.08. The summed E-state index contributed by atoms with van der Waals surface area (Å²) in [5.74, 6) is 0.0298. The molecule has 0 saturated heterocycles. The lowest BCUT2D eigenvalue weighted by Crippen LogP contribution is -2.16. The summed E-state index contributed by atoms with van der Waals surface area (Å²) in [5, 5.41) is 3.75. The number of pyridine rings is 1. The van der Waals surface area contributed by atoms with Gasteiger partial charge in [-0.15, -0.1) is 13.2 Å². The predicted octanol–water partition coefficient (Wildman–Crippen LogP) is 4.02. The fourth-order valence-electron chi connectivity index (χ4n) is 1.81. The van der Waals surface area contributed by atoms with Crippen molar-refractivity contribution in [2.24, 2.45) is 0 Å². The van der Waals surface area contributed by atoms with Crippen molar-refractivity contribution in [3.05, 3.63) is 52.9 Å². The third-order valence-corrected chi connectivity index (χ3v) is 2.80. The molecule has 9 heteroatoms. The van der Waals surface area contributed by atoms with Crippen molar-refractivity contribution in [3.63, 3.8) is 0 Å². The fourth-order valence-corrected chi connectivity index (χ4v) is 1.81. The minimum absolute atomic E-state index is 0.173. The van der Waals surface area contributed by atoms with Crippen LogP contribution in [0.5, 0.6) is 5.75 Å². The molecule has 3 aromatic rings. The molecule has 132 valence electrons. The van der Waals surface area contributed by atoms with E-state index in [1.54, 1.807) is 0 Å². The number of hydrogen-bond donors (Lipinski definition) is 1. The first-order valence-electron chi connectivity index (χ1n) is 7.30. The summed E-state index contributed by atoms with van der Waals surface area (Å²) in [6, 6.07) is 7.88. The van der Waals surface area contributed by atoms with E-state index in [9.17, 15) is 18.0 Å². The van der Waals surface area contributed by atoms with E-state index < -0.39 is 6.36 Å². The molecule has 0 atom stereocenters. The zero-order valence-electron chi connectivity index (χ0n) is 13.3. The quantitative estimate of drug-likeness (QED) is 0.769. The number of H-pyrrole nitrogens is 1. The summed E-state index contributed by atoms with van der Waals surface area (Å²) < 4.78 is 45.1. The van der Waals surface area contributed by atoms with Gasteiger partial charge in [0, 0.05) is 17.8 Å². The highest BCUT2D eigenvalue weighted by atomic mass is 19.4. The van der Waals surface area contributed by atoms with Crippen LogP contribution in [0.25, 0.3) is 22.8 Å². The SMILES string of the molecule is CC.O=c1ccc(-c2nc(-c3ccc(OC(F)(F)F)cc3)no2)c[nH]1. The standard InChI is InChI=1S/C14H8F3N3O3.C2H6/c15-14(16,17)22-10-4-1-8(2-5-10)12-19-13(23-20-12)9-3-6-11(21)18-7-9;1-2/h1-7H,(H,18,21);1-2H3. The van der Waals surface area contributed by atoms with Crippen LogP contribution in [0.15, 0.2) is 51.9 Å². The Labute approximate surface area is 140 Å². The van der Waals surface area contributed by atoms with Gasteiger partial charge in [-0.25, -0.2) is 0 Å². The van der Waals surface area contributed by atoms with E-state index in [0.717, 1.165) is 12.1 Å². The molecule has 0 saturated carbocycles. The molecule has 2 aromatic heterocycles. The molecular formula is C16H14F3N3O3. The van der Waals surface area contributed by atoms with E-state index in [-0.39, 0.29) is 23.0 Å². The second-order valence-corrected chi connectivity index (χ2v) is 4.44. The Kier molecular flexibility index (Phi) is 5.58. The van der Waals surface area contributed by atoms with E-state index in [1.807, 2.05) is 13.8 Å². The highest BCUT2D eigenvalue weighted by molar-refractivity contribution is 5.59. The number of nitrogens with one attached hydrogen (secondary N) is 1. The van der Waals surface area contributed by atoms with Crippen molar-refractivity contribution in [2.45, 2.75) is 20.2 Å². The average molecular weight is 353 g/mol. The fraction of sp³-hybridized carbons (Fsp3) is 0.188. The van der Waals surface area contributed by atoms with Crippen LogP contribution in [0, 0.1) is 0 Å². The monoisotopic (exact) mass is 353 g/mol. The van der Waals surface area contributed by atoms with Gasteiger partial charge >= 0.3 is 6.36 Å². The van der Waals surface area contributed by atoms with Gasteiger partial charge in [-0.2, -0.15) is 4.98 Å². The van der Waals surface area contributed by atoms with Crippen molar-refractivity contribution in [1.29, 1.82) is 0 Å². The number of aromatic amines is 1. The number of rotatable bonds is 3. The molecule has 0 amide bonds. The lowest BCUT2D eigenvalue weighted by molar-refractivity contribution is -0.274. The summed E-state index contributed by atoms with van der Waals surface area (Å²) in [6.07, 6.45) is -3.33. The first-order chi connectivity index (χ1) is 11.9. The number of aromatic nitrogens is 3. The third kappa shape index (κ3) is 4.93. The highest BCUT2D eigenvalue weighted by Crippen LogP contribution is 2.26. The van der Waals surface area contributed by atoms with Crippen LogP contribution in [-0.4, -0.2) is 21.5 Å². The van der Waals surface area contributed by atoms with Gasteiger partial charge in [-0.05, 0) is 30.3 Å². The van der Waals surface area contributed by atoms with E-state index in [2.05, 4.69) is 19.9 Å². The first kappa shape index (κ1) is 18.2. The molecule has 0 aliphatic rings. The summed E-state index contributed by atoms with van der Waals surface area (Å²) in [4.78, 5) is 17.6. The zero-order valence-corrected chi connectivity index (χ0v) is 13.3. The number of ether oxygens (including phenoxy) is 1. The summed E-state index contributed by atoms with van der Waals surface area (Å²) in [5.41, 5.74) is 0.702. The summed E-state index contributed by atoms with van der Waals surface area (Å²) >= 11 is 0. The Morgan fingerprint density at radius 1 is 1.04 bits per heavy atom. The number of nitrogens with zero attached hydrogens (tertiary/aromatic N) is 2. The van der Waals surface area contributed by atoms with Gasteiger partial charge < -0.3 is 14.2 Å². The molecule has 0 unspecified atom stereocenters. The molecule has 3 rings (SSSR count). The number of hydrogen-bond acceptors (Lipinski definition) is 5. The number of halogens is 3. The molecule has 2 heterocycles. The van der Waals surface area contributed by atoms with Gasteiger partial charge in [0.1, 0.15) is 5.75 Å². The molecule has 0 fully saturated rings. The maximum atomic E-state index is 12.1. The minimum atomic E-state index is -4.74. The molecule has 0 bridgehead atoms.